The highest BCUT2D eigenvalue weighted by Gasteiger charge is 2.20. The van der Waals surface area contributed by atoms with E-state index in [9.17, 15) is 19.8 Å². The minimum Gasteiger partial charge on any atom is -0.466 e. The van der Waals surface area contributed by atoms with E-state index in [0.29, 0.717) is 25.9 Å². The van der Waals surface area contributed by atoms with E-state index in [-0.39, 0.29) is 18.5 Å². The van der Waals surface area contributed by atoms with Crippen LogP contribution in [0.3, 0.4) is 0 Å². The Morgan fingerprint density at radius 2 is 0.712 bits per heavy atom. The number of carbonyl (C=O) groups excluding carboxylic acids is 2. The van der Waals surface area contributed by atoms with Gasteiger partial charge in [0.25, 0.3) is 0 Å². The normalized spacial score (nSPS) is 12.6. The molecule has 0 aromatic carbocycles. The Hall–Kier alpha value is -1.40. The third kappa shape index (κ3) is 52.0. The Bertz CT molecular complexity index is 986. The van der Waals surface area contributed by atoms with Gasteiger partial charge in [-0.1, -0.05) is 283 Å². The smallest absolute Gasteiger partial charge is 0.305 e. The van der Waals surface area contributed by atoms with Crippen LogP contribution in [0.15, 0.2) is 12.2 Å². The molecule has 0 bridgehead atoms. The van der Waals surface area contributed by atoms with Crippen molar-refractivity contribution in [2.24, 2.45) is 0 Å². The Kier molecular flexibility index (Phi) is 55.0. The number of hydrogen-bond donors (Lipinski definition) is 3. The summed E-state index contributed by atoms with van der Waals surface area (Å²) in [7, 11) is 0. The molecule has 0 radical (unpaired) electrons. The minimum absolute atomic E-state index is 0.0253. The van der Waals surface area contributed by atoms with Crippen molar-refractivity contribution >= 4 is 11.9 Å². The van der Waals surface area contributed by atoms with E-state index >= 15 is 0 Å². The summed E-state index contributed by atoms with van der Waals surface area (Å²) in [5.74, 6) is -0.0795. The van der Waals surface area contributed by atoms with Crippen molar-refractivity contribution in [3.05, 3.63) is 12.2 Å². The van der Waals surface area contributed by atoms with Crippen molar-refractivity contribution < 1.29 is 24.5 Å². The van der Waals surface area contributed by atoms with Crippen LogP contribution in [0.2, 0.25) is 0 Å². The largest absolute Gasteiger partial charge is 0.466 e. The van der Waals surface area contributed by atoms with Crippen molar-refractivity contribution in [2.45, 2.75) is 347 Å². The monoisotopic (exact) mass is 932 g/mol. The lowest BCUT2D eigenvalue weighted by atomic mass is 10.0. The lowest BCUT2D eigenvalue weighted by molar-refractivity contribution is -0.143. The molecule has 0 aliphatic heterocycles. The highest BCUT2D eigenvalue weighted by atomic mass is 16.5. The molecule has 0 spiro atoms. The van der Waals surface area contributed by atoms with Crippen LogP contribution in [0.5, 0.6) is 0 Å². The van der Waals surface area contributed by atoms with Gasteiger partial charge in [0, 0.05) is 12.8 Å². The van der Waals surface area contributed by atoms with Gasteiger partial charge >= 0.3 is 5.97 Å². The van der Waals surface area contributed by atoms with Gasteiger partial charge in [-0.15, -0.1) is 0 Å². The third-order valence-electron chi connectivity index (χ3n) is 14.1. The zero-order chi connectivity index (χ0) is 47.9. The first-order valence-corrected chi connectivity index (χ1v) is 29.9. The molecule has 0 aliphatic rings. The molecule has 6 nitrogen and oxygen atoms in total. The number of rotatable bonds is 56. The predicted octanol–water partition coefficient (Wildman–Crippen LogP) is 18.5. The van der Waals surface area contributed by atoms with Crippen LogP contribution in [0.1, 0.15) is 335 Å². The average Bonchev–Trinajstić information content (AvgIpc) is 3.32. The van der Waals surface area contributed by atoms with Gasteiger partial charge in [0.15, 0.2) is 0 Å². The van der Waals surface area contributed by atoms with Crippen LogP contribution in [0.25, 0.3) is 0 Å². The number of nitrogens with one attached hydrogen (secondary N) is 1. The summed E-state index contributed by atoms with van der Waals surface area (Å²) < 4.78 is 5.46. The van der Waals surface area contributed by atoms with Gasteiger partial charge in [-0.2, -0.15) is 0 Å². The zero-order valence-corrected chi connectivity index (χ0v) is 44.7. The molecule has 0 fully saturated rings. The van der Waals surface area contributed by atoms with Crippen molar-refractivity contribution in [3.63, 3.8) is 0 Å². The number of unbranched alkanes of at least 4 members (excludes halogenated alkanes) is 43. The van der Waals surface area contributed by atoms with Gasteiger partial charge in [-0.3, -0.25) is 9.59 Å². The van der Waals surface area contributed by atoms with Crippen LogP contribution in [-0.4, -0.2) is 47.4 Å². The molecule has 0 saturated heterocycles. The lowest BCUT2D eigenvalue weighted by Gasteiger charge is -2.22. The molecule has 6 heteroatoms. The first kappa shape index (κ1) is 64.6. The van der Waals surface area contributed by atoms with Crippen molar-refractivity contribution in [3.8, 4) is 0 Å². The topological polar surface area (TPSA) is 95.9 Å². The van der Waals surface area contributed by atoms with Gasteiger partial charge in [-0.25, -0.2) is 0 Å². The number of esters is 1. The fraction of sp³-hybridized carbons (Fsp3) is 0.933. The Morgan fingerprint density at radius 1 is 0.409 bits per heavy atom. The number of allylic oxidation sites excluding steroid dienone is 2. The van der Waals surface area contributed by atoms with Crippen LogP contribution in [0, 0.1) is 0 Å². The molecule has 2 unspecified atom stereocenters. The highest BCUT2D eigenvalue weighted by molar-refractivity contribution is 5.76. The number of aliphatic hydroxyl groups is 2. The molecule has 66 heavy (non-hydrogen) atoms. The lowest BCUT2D eigenvalue weighted by Crippen LogP contribution is -2.45. The van der Waals surface area contributed by atoms with Gasteiger partial charge in [0.2, 0.25) is 5.91 Å². The molecular weight excluding hydrogens is 815 g/mol. The first-order chi connectivity index (χ1) is 32.5. The van der Waals surface area contributed by atoms with Gasteiger partial charge in [-0.05, 0) is 51.4 Å². The van der Waals surface area contributed by atoms with E-state index in [4.69, 9.17) is 4.74 Å². The third-order valence-corrected chi connectivity index (χ3v) is 14.1. The minimum atomic E-state index is -0.680. The molecule has 0 saturated carbocycles. The number of hydrogen-bond acceptors (Lipinski definition) is 5. The molecule has 2 atom stereocenters. The second kappa shape index (κ2) is 56.2. The molecule has 0 rings (SSSR count). The van der Waals surface area contributed by atoms with E-state index in [1.54, 1.807) is 0 Å². The van der Waals surface area contributed by atoms with Gasteiger partial charge in [0.1, 0.15) is 0 Å². The first-order valence-electron chi connectivity index (χ1n) is 29.9. The van der Waals surface area contributed by atoms with Crippen molar-refractivity contribution in [2.75, 3.05) is 13.2 Å². The fourth-order valence-corrected chi connectivity index (χ4v) is 9.46. The summed E-state index contributed by atoms with van der Waals surface area (Å²) in [4.78, 5) is 24.6. The Labute approximate surface area is 412 Å². The molecule has 1 amide bonds. The zero-order valence-electron chi connectivity index (χ0n) is 44.7. The van der Waals surface area contributed by atoms with E-state index in [2.05, 4.69) is 31.3 Å². The average molecular weight is 933 g/mol. The number of amides is 1. The molecule has 0 aliphatic carbocycles. The van der Waals surface area contributed by atoms with Gasteiger partial charge < -0.3 is 20.3 Å². The van der Waals surface area contributed by atoms with Crippen molar-refractivity contribution in [1.29, 1.82) is 0 Å². The quantitative estimate of drug-likeness (QED) is 0.0321. The molecular formula is C60H117NO5. The summed E-state index contributed by atoms with van der Waals surface area (Å²) >= 11 is 0. The summed E-state index contributed by atoms with van der Waals surface area (Å²) in [6, 6.07) is -0.559. The number of carbonyl (C=O) groups is 2. The standard InChI is InChI=1S/C60H117NO5/c1-3-5-7-9-11-13-15-17-19-20-21-22-23-24-25-26-27-29-30-32-36-40-44-48-52-58(63)57(56-62)61-59(64)53-49-45-41-37-34-35-39-43-47-51-55-66-60(65)54-50-46-42-38-33-31-28-18-16-14-12-10-8-6-4-2/h18,28,57-58,62-63H,3-17,19-27,29-56H2,1-2H3,(H,61,64)/b28-18-. The van der Waals surface area contributed by atoms with Gasteiger partial charge in [0.05, 0.1) is 25.4 Å². The Balaban J connectivity index is 3.46. The van der Waals surface area contributed by atoms with Crippen LogP contribution < -0.4 is 5.32 Å². The molecule has 0 heterocycles. The van der Waals surface area contributed by atoms with E-state index in [0.717, 1.165) is 57.8 Å². The van der Waals surface area contributed by atoms with E-state index < -0.39 is 12.1 Å². The second-order valence-corrected chi connectivity index (χ2v) is 20.7. The van der Waals surface area contributed by atoms with E-state index in [1.807, 2.05) is 0 Å². The summed E-state index contributed by atoms with van der Waals surface area (Å²) in [6.45, 7) is 4.92. The maximum absolute atomic E-state index is 12.5. The van der Waals surface area contributed by atoms with Crippen LogP contribution in [-0.2, 0) is 14.3 Å². The second-order valence-electron chi connectivity index (χ2n) is 20.7. The number of aliphatic hydroxyl groups excluding tert-OH is 2. The molecule has 3 N–H and O–H groups in total. The summed E-state index contributed by atoms with van der Waals surface area (Å²) in [6.07, 6.45) is 66.3. The van der Waals surface area contributed by atoms with Crippen molar-refractivity contribution in [1.82, 2.24) is 5.32 Å². The van der Waals surface area contributed by atoms with Crippen LogP contribution in [0.4, 0.5) is 0 Å². The molecule has 0 aromatic heterocycles. The number of ether oxygens (including phenoxy) is 1. The summed E-state index contributed by atoms with van der Waals surface area (Å²) in [5, 5.41) is 23.4. The SMILES string of the molecule is CCCCCCCC/C=C\CCCCCCCC(=O)OCCCCCCCCCCCCC(=O)NC(CO)C(O)CCCCCCCCCCCCCCCCCCCCCCCCCC. The predicted molar refractivity (Wildman–Crippen MR) is 287 cm³/mol. The maximum atomic E-state index is 12.5. The Morgan fingerprint density at radius 3 is 1.08 bits per heavy atom. The summed E-state index contributed by atoms with van der Waals surface area (Å²) in [5.41, 5.74) is 0. The highest BCUT2D eigenvalue weighted by Crippen LogP contribution is 2.18. The van der Waals surface area contributed by atoms with Crippen LogP contribution >= 0.6 is 0 Å². The van der Waals surface area contributed by atoms with E-state index in [1.165, 1.54) is 244 Å². The fourth-order valence-electron chi connectivity index (χ4n) is 9.46. The molecule has 392 valence electrons. The maximum Gasteiger partial charge on any atom is 0.305 e. The molecule has 0 aromatic rings.